The third-order valence-corrected chi connectivity index (χ3v) is 4.00. The molecule has 2 unspecified atom stereocenters. The fourth-order valence-corrected chi connectivity index (χ4v) is 1.81. The molecule has 0 fully saturated rings. The molecule has 0 spiro atoms. The van der Waals surface area contributed by atoms with E-state index in [1.807, 2.05) is 6.92 Å². The molecule has 0 saturated heterocycles. The average molecular weight is 271 g/mol. The lowest BCUT2D eigenvalue weighted by molar-refractivity contribution is 0.0950. The summed E-state index contributed by atoms with van der Waals surface area (Å²) in [5.74, 6) is -0.778. The molecule has 2 atom stereocenters. The highest BCUT2D eigenvalue weighted by atomic mass is 32.2. The van der Waals surface area contributed by atoms with Crippen LogP contribution in [0.2, 0.25) is 0 Å². The van der Waals surface area contributed by atoms with Gasteiger partial charge in [0.15, 0.2) is 0 Å². The van der Waals surface area contributed by atoms with Crippen LogP contribution < -0.4 is 5.32 Å². The SMILES string of the molecule is CC(CCNC(=O)c1ccc(O)cc1O)S(C)=O. The van der Waals surface area contributed by atoms with Gasteiger partial charge < -0.3 is 15.5 Å². The van der Waals surface area contributed by atoms with Crippen molar-refractivity contribution in [1.82, 2.24) is 5.32 Å². The fourth-order valence-electron chi connectivity index (χ4n) is 1.36. The number of nitrogens with one attached hydrogen (secondary N) is 1. The van der Waals surface area contributed by atoms with Gasteiger partial charge in [-0.25, -0.2) is 0 Å². The number of carbonyl (C=O) groups is 1. The minimum Gasteiger partial charge on any atom is -0.508 e. The number of benzene rings is 1. The Hall–Kier alpha value is -1.56. The average Bonchev–Trinajstić information content (AvgIpc) is 2.28. The lowest BCUT2D eigenvalue weighted by Crippen LogP contribution is -2.27. The van der Waals surface area contributed by atoms with E-state index in [2.05, 4.69) is 5.32 Å². The van der Waals surface area contributed by atoms with Crippen molar-refractivity contribution in [3.63, 3.8) is 0 Å². The number of carbonyl (C=O) groups excluding carboxylic acids is 1. The molecule has 0 heterocycles. The number of phenolic OH excluding ortho intramolecular Hbond substituents is 2. The first-order valence-electron chi connectivity index (χ1n) is 5.54. The van der Waals surface area contributed by atoms with E-state index in [0.717, 1.165) is 6.07 Å². The molecule has 3 N–H and O–H groups in total. The zero-order valence-corrected chi connectivity index (χ0v) is 11.2. The summed E-state index contributed by atoms with van der Waals surface area (Å²) in [6.07, 6.45) is 2.23. The summed E-state index contributed by atoms with van der Waals surface area (Å²) in [7, 11) is -0.911. The van der Waals surface area contributed by atoms with Gasteiger partial charge in [0.05, 0.1) is 5.56 Å². The Balaban J connectivity index is 2.53. The van der Waals surface area contributed by atoms with E-state index < -0.39 is 16.7 Å². The molecule has 0 aliphatic rings. The van der Waals surface area contributed by atoms with Crippen molar-refractivity contribution in [3.8, 4) is 11.5 Å². The second-order valence-corrected chi connectivity index (χ2v) is 5.86. The third-order valence-electron chi connectivity index (χ3n) is 2.63. The first-order valence-corrected chi connectivity index (χ1v) is 7.16. The minimum atomic E-state index is -0.911. The van der Waals surface area contributed by atoms with Gasteiger partial charge in [-0.15, -0.1) is 0 Å². The maximum Gasteiger partial charge on any atom is 0.255 e. The molecule has 1 aromatic carbocycles. The van der Waals surface area contributed by atoms with Gasteiger partial charge in [0, 0.05) is 34.9 Å². The van der Waals surface area contributed by atoms with Gasteiger partial charge in [-0.05, 0) is 18.6 Å². The Labute approximate surface area is 108 Å². The molecule has 0 saturated carbocycles. The van der Waals surface area contributed by atoms with E-state index >= 15 is 0 Å². The van der Waals surface area contributed by atoms with Crippen LogP contribution >= 0.6 is 0 Å². The van der Waals surface area contributed by atoms with Crippen molar-refractivity contribution >= 4 is 16.7 Å². The van der Waals surface area contributed by atoms with Crippen molar-refractivity contribution in [3.05, 3.63) is 23.8 Å². The van der Waals surface area contributed by atoms with E-state index in [0.29, 0.717) is 13.0 Å². The number of aromatic hydroxyl groups is 2. The molecule has 0 aliphatic heterocycles. The molecule has 0 bridgehead atoms. The standard InChI is InChI=1S/C12H17NO4S/c1-8(18(2)17)5-6-13-12(16)10-4-3-9(14)7-11(10)15/h3-4,7-8,14-15H,5-6H2,1-2H3,(H,13,16). The van der Waals surface area contributed by atoms with Gasteiger partial charge in [0.1, 0.15) is 11.5 Å². The van der Waals surface area contributed by atoms with E-state index in [9.17, 15) is 14.1 Å². The second kappa shape index (κ2) is 6.39. The molecule has 1 aromatic rings. The van der Waals surface area contributed by atoms with Crippen LogP contribution in [-0.4, -0.2) is 38.4 Å². The Morgan fingerprint density at radius 1 is 1.44 bits per heavy atom. The van der Waals surface area contributed by atoms with Crippen molar-refractivity contribution in [2.45, 2.75) is 18.6 Å². The lowest BCUT2D eigenvalue weighted by Gasteiger charge is -2.10. The van der Waals surface area contributed by atoms with Crippen LogP contribution in [0.3, 0.4) is 0 Å². The molecule has 1 rings (SSSR count). The van der Waals surface area contributed by atoms with Crippen LogP contribution in [0.4, 0.5) is 0 Å². The number of phenols is 2. The van der Waals surface area contributed by atoms with Gasteiger partial charge in [-0.3, -0.25) is 9.00 Å². The third kappa shape index (κ3) is 4.03. The molecule has 0 radical (unpaired) electrons. The smallest absolute Gasteiger partial charge is 0.255 e. The zero-order valence-electron chi connectivity index (χ0n) is 10.3. The Kier molecular flexibility index (Phi) is 5.15. The summed E-state index contributed by atoms with van der Waals surface area (Å²) in [6.45, 7) is 2.24. The predicted molar refractivity (Wildman–Crippen MR) is 70.3 cm³/mol. The summed E-state index contributed by atoms with van der Waals surface area (Å²) in [5, 5.41) is 21.2. The van der Waals surface area contributed by atoms with Gasteiger partial charge in [-0.1, -0.05) is 6.92 Å². The molecule has 0 aromatic heterocycles. The summed E-state index contributed by atoms with van der Waals surface area (Å²) in [4.78, 5) is 11.7. The maximum atomic E-state index is 11.7. The molecular formula is C12H17NO4S. The van der Waals surface area contributed by atoms with Crippen LogP contribution in [-0.2, 0) is 10.8 Å². The van der Waals surface area contributed by atoms with E-state index in [4.69, 9.17) is 5.11 Å². The van der Waals surface area contributed by atoms with Crippen LogP contribution in [0.15, 0.2) is 18.2 Å². The topological polar surface area (TPSA) is 86.6 Å². The predicted octanol–water partition coefficient (Wildman–Crippen LogP) is 0.985. The number of hydrogen-bond donors (Lipinski definition) is 3. The highest BCUT2D eigenvalue weighted by Crippen LogP contribution is 2.22. The molecular weight excluding hydrogens is 254 g/mol. The van der Waals surface area contributed by atoms with Crippen molar-refractivity contribution < 1.29 is 19.2 Å². The molecule has 1 amide bonds. The fraction of sp³-hybridized carbons (Fsp3) is 0.417. The van der Waals surface area contributed by atoms with Crippen molar-refractivity contribution in [2.75, 3.05) is 12.8 Å². The first-order chi connectivity index (χ1) is 8.41. The zero-order chi connectivity index (χ0) is 13.7. The summed E-state index contributed by atoms with van der Waals surface area (Å²) < 4.78 is 11.1. The normalized spacial score (nSPS) is 13.9. The monoisotopic (exact) mass is 271 g/mol. The molecule has 0 aliphatic carbocycles. The van der Waals surface area contributed by atoms with Crippen LogP contribution in [0, 0.1) is 0 Å². The van der Waals surface area contributed by atoms with Crippen LogP contribution in [0.1, 0.15) is 23.7 Å². The number of rotatable bonds is 5. The van der Waals surface area contributed by atoms with Crippen LogP contribution in [0.5, 0.6) is 11.5 Å². The molecule has 6 heteroatoms. The van der Waals surface area contributed by atoms with E-state index in [1.165, 1.54) is 12.1 Å². The second-order valence-electron chi connectivity index (χ2n) is 4.06. The highest BCUT2D eigenvalue weighted by Gasteiger charge is 2.12. The summed E-state index contributed by atoms with van der Waals surface area (Å²) in [6, 6.07) is 3.79. The van der Waals surface area contributed by atoms with E-state index in [1.54, 1.807) is 6.26 Å². The summed E-state index contributed by atoms with van der Waals surface area (Å²) >= 11 is 0. The Morgan fingerprint density at radius 3 is 2.67 bits per heavy atom. The Bertz CT molecular complexity index is 461. The van der Waals surface area contributed by atoms with Gasteiger partial charge in [-0.2, -0.15) is 0 Å². The quantitative estimate of drug-likeness (QED) is 0.745. The van der Waals surface area contributed by atoms with Gasteiger partial charge >= 0.3 is 0 Å². The van der Waals surface area contributed by atoms with Crippen molar-refractivity contribution in [1.29, 1.82) is 0 Å². The van der Waals surface area contributed by atoms with E-state index in [-0.39, 0.29) is 22.3 Å². The Morgan fingerprint density at radius 2 is 2.11 bits per heavy atom. The summed E-state index contributed by atoms with van der Waals surface area (Å²) in [5.41, 5.74) is 0.109. The molecule has 100 valence electrons. The highest BCUT2D eigenvalue weighted by molar-refractivity contribution is 7.84. The van der Waals surface area contributed by atoms with Gasteiger partial charge in [0.2, 0.25) is 0 Å². The largest absolute Gasteiger partial charge is 0.508 e. The minimum absolute atomic E-state index is 0.0127. The van der Waals surface area contributed by atoms with Crippen LogP contribution in [0.25, 0.3) is 0 Å². The number of amides is 1. The maximum absolute atomic E-state index is 11.7. The molecule has 5 nitrogen and oxygen atoms in total. The molecule has 18 heavy (non-hydrogen) atoms. The number of hydrogen-bond acceptors (Lipinski definition) is 4. The van der Waals surface area contributed by atoms with Crippen molar-refractivity contribution in [2.24, 2.45) is 0 Å². The lowest BCUT2D eigenvalue weighted by atomic mass is 10.1. The van der Waals surface area contributed by atoms with Gasteiger partial charge in [0.25, 0.3) is 5.91 Å². The first kappa shape index (κ1) is 14.5.